The van der Waals surface area contributed by atoms with Crippen LogP contribution in [0.25, 0.3) is 0 Å². The van der Waals surface area contributed by atoms with Gasteiger partial charge in [0.1, 0.15) is 6.04 Å². The van der Waals surface area contributed by atoms with Crippen LogP contribution in [0.1, 0.15) is 43.7 Å². The summed E-state index contributed by atoms with van der Waals surface area (Å²) in [5, 5.41) is 13.5. The van der Waals surface area contributed by atoms with E-state index in [-0.39, 0.29) is 6.04 Å². The first-order chi connectivity index (χ1) is 9.06. The van der Waals surface area contributed by atoms with E-state index in [1.54, 1.807) is 18.2 Å². The summed E-state index contributed by atoms with van der Waals surface area (Å²) < 4.78 is 0. The number of nitrogens with one attached hydrogen (secondary N) is 1. The number of carboxylic acids is 1. The molecular formula is C14H17Cl2NO2. The van der Waals surface area contributed by atoms with E-state index in [1.807, 2.05) is 0 Å². The number of benzene rings is 1. The van der Waals surface area contributed by atoms with Crippen LogP contribution in [0.15, 0.2) is 18.2 Å². The molecule has 1 saturated carbocycles. The molecule has 1 unspecified atom stereocenters. The Hall–Kier alpha value is -0.770. The Morgan fingerprint density at radius 2 is 1.74 bits per heavy atom. The van der Waals surface area contributed by atoms with Crippen molar-refractivity contribution < 1.29 is 9.90 Å². The molecule has 0 radical (unpaired) electrons. The van der Waals surface area contributed by atoms with Gasteiger partial charge >= 0.3 is 5.97 Å². The first kappa shape index (κ1) is 14.6. The molecule has 1 aromatic carbocycles. The maximum absolute atomic E-state index is 11.4. The molecule has 0 bridgehead atoms. The molecule has 0 saturated heterocycles. The SMILES string of the molecule is O=C(O)C(NC1CCCCC1)c1cc(Cl)cc(Cl)c1. The lowest BCUT2D eigenvalue weighted by Gasteiger charge is -2.26. The number of carboxylic acid groups (broad SMARTS) is 1. The molecule has 1 aliphatic rings. The number of halogens is 2. The molecule has 1 aromatic rings. The Balaban J connectivity index is 2.16. The zero-order valence-corrected chi connectivity index (χ0v) is 12.0. The molecule has 19 heavy (non-hydrogen) atoms. The van der Waals surface area contributed by atoms with Crippen LogP contribution in [0.2, 0.25) is 10.0 Å². The van der Waals surface area contributed by atoms with Crippen LogP contribution in [0, 0.1) is 0 Å². The Morgan fingerprint density at radius 1 is 1.16 bits per heavy atom. The molecule has 0 amide bonds. The van der Waals surface area contributed by atoms with Gasteiger partial charge < -0.3 is 5.11 Å². The minimum absolute atomic E-state index is 0.257. The fourth-order valence-corrected chi connectivity index (χ4v) is 3.10. The van der Waals surface area contributed by atoms with Gasteiger partial charge in [0.15, 0.2) is 0 Å². The standard InChI is InChI=1S/C14H17Cl2NO2/c15-10-6-9(7-11(16)8-10)13(14(18)19)17-12-4-2-1-3-5-12/h6-8,12-13,17H,1-5H2,(H,18,19). The Labute approximate surface area is 122 Å². The van der Waals surface area contributed by atoms with E-state index in [0.717, 1.165) is 25.7 Å². The molecule has 1 atom stereocenters. The Kier molecular flexibility index (Phi) is 5.08. The van der Waals surface area contributed by atoms with Crippen molar-refractivity contribution in [2.24, 2.45) is 0 Å². The van der Waals surface area contributed by atoms with Gasteiger partial charge in [0.25, 0.3) is 0 Å². The van der Waals surface area contributed by atoms with Gasteiger partial charge in [0, 0.05) is 16.1 Å². The fraction of sp³-hybridized carbons (Fsp3) is 0.500. The van der Waals surface area contributed by atoms with E-state index in [4.69, 9.17) is 23.2 Å². The van der Waals surface area contributed by atoms with Crippen LogP contribution in [0.3, 0.4) is 0 Å². The lowest BCUT2D eigenvalue weighted by molar-refractivity contribution is -0.140. The molecule has 0 aromatic heterocycles. The van der Waals surface area contributed by atoms with Crippen molar-refractivity contribution in [3.63, 3.8) is 0 Å². The summed E-state index contributed by atoms with van der Waals surface area (Å²) in [7, 11) is 0. The third-order valence-corrected chi connectivity index (χ3v) is 3.91. The second-order valence-corrected chi connectivity index (χ2v) is 5.85. The largest absolute Gasteiger partial charge is 0.480 e. The molecule has 1 fully saturated rings. The summed E-state index contributed by atoms with van der Waals surface area (Å²) in [6.45, 7) is 0. The van der Waals surface area contributed by atoms with Crippen LogP contribution in [0.5, 0.6) is 0 Å². The van der Waals surface area contributed by atoms with Crippen molar-refractivity contribution in [2.75, 3.05) is 0 Å². The van der Waals surface area contributed by atoms with Crippen LogP contribution >= 0.6 is 23.2 Å². The third kappa shape index (κ3) is 4.10. The molecule has 2 rings (SSSR count). The van der Waals surface area contributed by atoms with Gasteiger partial charge in [-0.3, -0.25) is 10.1 Å². The molecule has 0 heterocycles. The summed E-state index contributed by atoms with van der Waals surface area (Å²) in [4.78, 5) is 11.4. The summed E-state index contributed by atoms with van der Waals surface area (Å²) in [6.07, 6.45) is 5.59. The van der Waals surface area contributed by atoms with E-state index in [1.165, 1.54) is 6.42 Å². The third-order valence-electron chi connectivity index (χ3n) is 3.47. The number of carbonyl (C=O) groups is 1. The van der Waals surface area contributed by atoms with Crippen LogP contribution in [-0.2, 0) is 4.79 Å². The van der Waals surface area contributed by atoms with E-state index < -0.39 is 12.0 Å². The second kappa shape index (κ2) is 6.60. The summed E-state index contributed by atoms with van der Waals surface area (Å²) in [6, 6.07) is 4.42. The van der Waals surface area contributed by atoms with Crippen molar-refractivity contribution in [1.82, 2.24) is 5.32 Å². The predicted molar refractivity (Wildman–Crippen MR) is 76.8 cm³/mol. The van der Waals surface area contributed by atoms with Gasteiger partial charge in [-0.1, -0.05) is 42.5 Å². The molecule has 2 N–H and O–H groups in total. The highest BCUT2D eigenvalue weighted by atomic mass is 35.5. The zero-order valence-electron chi connectivity index (χ0n) is 10.5. The van der Waals surface area contributed by atoms with Crippen molar-refractivity contribution in [3.8, 4) is 0 Å². The molecule has 0 spiro atoms. The van der Waals surface area contributed by atoms with E-state index in [0.29, 0.717) is 15.6 Å². The maximum Gasteiger partial charge on any atom is 0.325 e. The number of hydrogen-bond donors (Lipinski definition) is 2. The molecule has 0 aliphatic heterocycles. The van der Waals surface area contributed by atoms with E-state index in [2.05, 4.69) is 5.32 Å². The quantitative estimate of drug-likeness (QED) is 0.882. The average molecular weight is 302 g/mol. The highest BCUT2D eigenvalue weighted by Crippen LogP contribution is 2.26. The highest BCUT2D eigenvalue weighted by Gasteiger charge is 2.25. The van der Waals surface area contributed by atoms with Gasteiger partial charge in [-0.05, 0) is 36.6 Å². The number of hydrogen-bond acceptors (Lipinski definition) is 2. The lowest BCUT2D eigenvalue weighted by Crippen LogP contribution is -2.38. The summed E-state index contributed by atoms with van der Waals surface area (Å²) in [5.41, 5.74) is 0.607. The smallest absolute Gasteiger partial charge is 0.325 e. The van der Waals surface area contributed by atoms with Crippen LogP contribution in [-0.4, -0.2) is 17.1 Å². The van der Waals surface area contributed by atoms with Crippen molar-refractivity contribution >= 4 is 29.2 Å². The van der Waals surface area contributed by atoms with Gasteiger partial charge in [-0.15, -0.1) is 0 Å². The van der Waals surface area contributed by atoms with E-state index in [9.17, 15) is 9.90 Å². The summed E-state index contributed by atoms with van der Waals surface area (Å²) in [5.74, 6) is -0.899. The highest BCUT2D eigenvalue weighted by molar-refractivity contribution is 6.34. The average Bonchev–Trinajstić information content (AvgIpc) is 2.35. The van der Waals surface area contributed by atoms with Crippen LogP contribution in [0.4, 0.5) is 0 Å². The topological polar surface area (TPSA) is 49.3 Å². The lowest BCUT2D eigenvalue weighted by atomic mass is 9.94. The molecule has 1 aliphatic carbocycles. The first-order valence-corrected chi connectivity index (χ1v) is 7.26. The Bertz CT molecular complexity index is 439. The molecular weight excluding hydrogens is 285 g/mol. The maximum atomic E-state index is 11.4. The first-order valence-electron chi connectivity index (χ1n) is 6.51. The van der Waals surface area contributed by atoms with Gasteiger partial charge in [0.05, 0.1) is 0 Å². The van der Waals surface area contributed by atoms with Crippen molar-refractivity contribution in [2.45, 2.75) is 44.2 Å². The fourth-order valence-electron chi connectivity index (χ4n) is 2.56. The summed E-state index contributed by atoms with van der Waals surface area (Å²) >= 11 is 11.9. The van der Waals surface area contributed by atoms with Crippen molar-refractivity contribution in [3.05, 3.63) is 33.8 Å². The number of aliphatic carboxylic acids is 1. The van der Waals surface area contributed by atoms with Gasteiger partial charge in [-0.25, -0.2) is 0 Å². The monoisotopic (exact) mass is 301 g/mol. The van der Waals surface area contributed by atoms with Crippen LogP contribution < -0.4 is 5.32 Å². The normalized spacial score (nSPS) is 18.2. The van der Waals surface area contributed by atoms with E-state index >= 15 is 0 Å². The van der Waals surface area contributed by atoms with Gasteiger partial charge in [-0.2, -0.15) is 0 Å². The number of rotatable bonds is 4. The minimum atomic E-state index is -0.899. The molecule has 3 nitrogen and oxygen atoms in total. The predicted octanol–water partition coefficient (Wildman–Crippen LogP) is 4.04. The van der Waals surface area contributed by atoms with Crippen molar-refractivity contribution in [1.29, 1.82) is 0 Å². The minimum Gasteiger partial charge on any atom is -0.480 e. The zero-order chi connectivity index (χ0) is 13.8. The Morgan fingerprint density at radius 3 is 2.26 bits per heavy atom. The molecule has 104 valence electrons. The molecule has 5 heteroatoms. The van der Waals surface area contributed by atoms with Gasteiger partial charge in [0.2, 0.25) is 0 Å². The second-order valence-electron chi connectivity index (χ2n) is 4.98.